The lowest BCUT2D eigenvalue weighted by Crippen LogP contribution is -2.55. The van der Waals surface area contributed by atoms with E-state index in [0.717, 1.165) is 10.6 Å². The van der Waals surface area contributed by atoms with E-state index < -0.39 is 32.2 Å². The molecular weight excluding hydrogens is 370 g/mol. The molecule has 1 saturated heterocycles. The average molecular weight is 391 g/mol. The summed E-state index contributed by atoms with van der Waals surface area (Å²) in [4.78, 5) is 11.4. The number of carboxylic acid groups (broad SMARTS) is 1. The molecule has 0 aliphatic carbocycles. The Morgan fingerprint density at radius 3 is 2.08 bits per heavy atom. The van der Waals surface area contributed by atoms with E-state index in [1.165, 1.54) is 4.31 Å². The molecule has 0 unspecified atom stereocenters. The molecule has 25 heavy (non-hydrogen) atoms. The zero-order valence-electron chi connectivity index (χ0n) is 13.7. The van der Waals surface area contributed by atoms with Gasteiger partial charge in [-0.1, -0.05) is 30.3 Å². The molecule has 2 N–H and O–H groups in total. The van der Waals surface area contributed by atoms with Crippen LogP contribution in [0.15, 0.2) is 30.3 Å². The van der Waals surface area contributed by atoms with Crippen LogP contribution in [0, 0.1) is 0 Å². The second kappa shape index (κ2) is 7.79. The van der Waals surface area contributed by atoms with Crippen molar-refractivity contribution in [3.05, 3.63) is 35.9 Å². The molecule has 2 rings (SSSR count). The molecule has 0 bridgehead atoms. The molecule has 0 radical (unpaired) electrons. The summed E-state index contributed by atoms with van der Waals surface area (Å²) >= 11 is 0. The lowest BCUT2D eigenvalue weighted by Gasteiger charge is -2.33. The van der Waals surface area contributed by atoms with Crippen LogP contribution in [0.2, 0.25) is 0 Å². The van der Waals surface area contributed by atoms with Crippen molar-refractivity contribution >= 4 is 26.2 Å². The van der Waals surface area contributed by atoms with Crippen LogP contribution in [0.4, 0.5) is 0 Å². The van der Waals surface area contributed by atoms with Crippen molar-refractivity contribution in [1.29, 1.82) is 0 Å². The smallest absolute Gasteiger partial charge is 0.322 e. The first-order valence-electron chi connectivity index (χ1n) is 7.59. The van der Waals surface area contributed by atoms with Gasteiger partial charge in [-0.15, -0.1) is 0 Å². The molecule has 11 heteroatoms. The molecule has 1 heterocycles. The van der Waals surface area contributed by atoms with E-state index in [4.69, 9.17) is 0 Å². The molecule has 1 aromatic carbocycles. The van der Waals surface area contributed by atoms with E-state index in [-0.39, 0.29) is 32.6 Å². The molecule has 1 atom stereocenters. The van der Waals surface area contributed by atoms with Gasteiger partial charge < -0.3 is 5.11 Å². The summed E-state index contributed by atoms with van der Waals surface area (Å²) in [5.74, 6) is -1.28. The van der Waals surface area contributed by atoms with Crippen LogP contribution in [0.25, 0.3) is 0 Å². The molecule has 0 spiro atoms. The first kappa shape index (κ1) is 19.8. The Kier molecular flexibility index (Phi) is 6.16. The van der Waals surface area contributed by atoms with Crippen molar-refractivity contribution in [2.75, 3.05) is 32.4 Å². The molecule has 0 amide bonds. The lowest BCUT2D eigenvalue weighted by molar-refractivity contribution is -0.138. The van der Waals surface area contributed by atoms with Gasteiger partial charge in [0.1, 0.15) is 6.04 Å². The molecule has 140 valence electrons. The minimum absolute atomic E-state index is 0.0126. The van der Waals surface area contributed by atoms with Crippen molar-refractivity contribution < 1.29 is 26.7 Å². The van der Waals surface area contributed by atoms with E-state index >= 15 is 0 Å². The zero-order chi connectivity index (χ0) is 18.7. The second-order valence-electron chi connectivity index (χ2n) is 5.76. The van der Waals surface area contributed by atoms with Gasteiger partial charge in [0.2, 0.25) is 10.0 Å². The number of piperazine rings is 1. The number of hydrogen-bond acceptors (Lipinski definition) is 5. The summed E-state index contributed by atoms with van der Waals surface area (Å²) in [5, 5.41) is 9.31. The van der Waals surface area contributed by atoms with Crippen LogP contribution in [0.5, 0.6) is 0 Å². The Morgan fingerprint density at radius 1 is 1.08 bits per heavy atom. The number of rotatable bonds is 7. The summed E-state index contributed by atoms with van der Waals surface area (Å²) in [5.41, 5.74) is 0.694. The number of nitrogens with zero attached hydrogens (tertiary/aromatic N) is 2. The maximum atomic E-state index is 12.4. The highest BCUT2D eigenvalue weighted by Gasteiger charge is 2.33. The quantitative estimate of drug-likeness (QED) is 0.620. The van der Waals surface area contributed by atoms with E-state index in [0.29, 0.717) is 5.56 Å². The van der Waals surface area contributed by atoms with Crippen LogP contribution in [-0.4, -0.2) is 75.0 Å². The first-order valence-corrected chi connectivity index (χ1v) is 10.9. The van der Waals surface area contributed by atoms with E-state index in [1.807, 2.05) is 0 Å². The highest BCUT2D eigenvalue weighted by atomic mass is 32.2. The van der Waals surface area contributed by atoms with Crippen LogP contribution in [0.3, 0.4) is 0 Å². The Bertz CT molecular complexity index is 802. The molecule has 1 aliphatic heterocycles. The number of benzene rings is 1. The van der Waals surface area contributed by atoms with Gasteiger partial charge in [-0.05, 0) is 12.0 Å². The predicted molar refractivity (Wildman–Crippen MR) is 91.6 cm³/mol. The third kappa shape index (κ3) is 5.47. The van der Waals surface area contributed by atoms with Crippen molar-refractivity contribution in [3.8, 4) is 0 Å². The van der Waals surface area contributed by atoms with Crippen molar-refractivity contribution in [2.24, 2.45) is 0 Å². The topological polar surface area (TPSA) is 124 Å². The third-order valence-electron chi connectivity index (χ3n) is 3.88. The number of carbonyl (C=O) groups is 1. The fourth-order valence-corrected chi connectivity index (χ4v) is 4.69. The summed E-state index contributed by atoms with van der Waals surface area (Å²) in [6.45, 7) is 0.0203. The molecule has 0 aromatic heterocycles. The number of carboxylic acids is 1. The maximum Gasteiger partial charge on any atom is 0.322 e. The van der Waals surface area contributed by atoms with E-state index in [1.54, 1.807) is 30.3 Å². The molecule has 1 fully saturated rings. The van der Waals surface area contributed by atoms with Crippen molar-refractivity contribution in [2.45, 2.75) is 12.5 Å². The first-order chi connectivity index (χ1) is 11.6. The van der Waals surface area contributed by atoms with Crippen LogP contribution < -0.4 is 4.72 Å². The monoisotopic (exact) mass is 391 g/mol. The minimum atomic E-state index is -4.04. The van der Waals surface area contributed by atoms with Gasteiger partial charge >= 0.3 is 5.97 Å². The summed E-state index contributed by atoms with van der Waals surface area (Å²) in [6.07, 6.45) is 1.08. The minimum Gasteiger partial charge on any atom is -0.480 e. The van der Waals surface area contributed by atoms with Crippen LogP contribution >= 0.6 is 0 Å². The fourth-order valence-electron chi connectivity index (χ4n) is 2.53. The Balaban J connectivity index is 2.04. The van der Waals surface area contributed by atoms with Gasteiger partial charge in [-0.3, -0.25) is 4.79 Å². The van der Waals surface area contributed by atoms with Gasteiger partial charge in [0, 0.05) is 26.2 Å². The zero-order valence-corrected chi connectivity index (χ0v) is 15.3. The summed E-state index contributed by atoms with van der Waals surface area (Å²) in [6, 6.07) is 7.40. The number of aliphatic carboxylic acids is 1. The summed E-state index contributed by atoms with van der Waals surface area (Å²) in [7, 11) is -7.41. The highest BCUT2D eigenvalue weighted by Crippen LogP contribution is 2.11. The largest absolute Gasteiger partial charge is 0.480 e. The molecule has 9 nitrogen and oxygen atoms in total. The maximum absolute atomic E-state index is 12.4. The summed E-state index contributed by atoms with van der Waals surface area (Å²) < 4.78 is 52.3. The lowest BCUT2D eigenvalue weighted by atomic mass is 10.1. The van der Waals surface area contributed by atoms with Gasteiger partial charge in [0.25, 0.3) is 10.2 Å². The number of sulfonamides is 1. The molecule has 1 aliphatic rings. The number of hydrogen-bond donors (Lipinski definition) is 2. The SMILES string of the molecule is CS(=O)(=O)N1CCN(S(=O)(=O)N[C@@H](Cc2ccccc2)C(=O)O)CC1. The number of nitrogens with one attached hydrogen (secondary N) is 1. The second-order valence-corrected chi connectivity index (χ2v) is 9.45. The highest BCUT2D eigenvalue weighted by molar-refractivity contribution is 7.88. The molecule has 1 aromatic rings. The van der Waals surface area contributed by atoms with Crippen molar-refractivity contribution in [1.82, 2.24) is 13.3 Å². The Morgan fingerprint density at radius 2 is 1.60 bits per heavy atom. The Hall–Kier alpha value is -1.53. The van der Waals surface area contributed by atoms with Crippen molar-refractivity contribution in [3.63, 3.8) is 0 Å². The Labute approximate surface area is 147 Å². The van der Waals surface area contributed by atoms with Gasteiger partial charge in [-0.2, -0.15) is 21.8 Å². The standard InChI is InChI=1S/C14H21N3O6S2/c1-24(20,21)16-7-9-17(10-8-16)25(22,23)15-13(14(18)19)11-12-5-3-2-4-6-12/h2-6,13,15H,7-11H2,1H3,(H,18,19)/t13-/m0/s1. The van der Waals surface area contributed by atoms with Crippen LogP contribution in [0.1, 0.15) is 5.56 Å². The fraction of sp³-hybridized carbons (Fsp3) is 0.500. The van der Waals surface area contributed by atoms with Gasteiger partial charge in [-0.25, -0.2) is 8.42 Å². The van der Waals surface area contributed by atoms with E-state index in [9.17, 15) is 26.7 Å². The molecule has 0 saturated carbocycles. The third-order valence-corrected chi connectivity index (χ3v) is 6.81. The van der Waals surface area contributed by atoms with Gasteiger partial charge in [0.15, 0.2) is 0 Å². The average Bonchev–Trinajstić information content (AvgIpc) is 2.54. The van der Waals surface area contributed by atoms with Crippen LogP contribution in [-0.2, 0) is 31.4 Å². The van der Waals surface area contributed by atoms with E-state index in [2.05, 4.69) is 4.72 Å². The van der Waals surface area contributed by atoms with Gasteiger partial charge in [0.05, 0.1) is 6.26 Å². The molecular formula is C14H21N3O6S2. The normalized spacial score (nSPS) is 18.8. The predicted octanol–water partition coefficient (Wildman–Crippen LogP) is -0.906.